The first-order chi connectivity index (χ1) is 10.0. The van der Waals surface area contributed by atoms with Crippen molar-refractivity contribution in [3.8, 4) is 5.75 Å². The molecule has 6 heteroatoms. The number of ether oxygens (including phenoxy) is 1. The van der Waals surface area contributed by atoms with Crippen LogP contribution in [0.25, 0.3) is 0 Å². The van der Waals surface area contributed by atoms with E-state index in [1.54, 1.807) is 31.0 Å². The number of carbonyl (C=O) groups is 1. The molecule has 0 aromatic heterocycles. The Hall–Kier alpha value is -0.980. The minimum absolute atomic E-state index is 0.268. The summed E-state index contributed by atoms with van der Waals surface area (Å²) in [4.78, 5) is 12.0. The van der Waals surface area contributed by atoms with Gasteiger partial charge in [0.1, 0.15) is 5.75 Å². The molecule has 1 N–H and O–H groups in total. The van der Waals surface area contributed by atoms with Gasteiger partial charge < -0.3 is 9.84 Å². The number of benzene rings is 2. The number of carboxylic acids is 1. The molecule has 0 fully saturated rings. The molecule has 2 rings (SSSR count). The number of hydrogen-bond donors (Lipinski definition) is 1. The first-order valence-electron chi connectivity index (χ1n) is 5.99. The second-order valence-electron chi connectivity index (χ2n) is 4.19. The maximum Gasteiger partial charge on any atom is 0.336 e. The van der Waals surface area contributed by atoms with E-state index in [2.05, 4.69) is 31.9 Å². The number of thioether (sulfide) groups is 1. The molecule has 2 aromatic carbocycles. The van der Waals surface area contributed by atoms with E-state index in [0.717, 1.165) is 26.4 Å². The smallest absolute Gasteiger partial charge is 0.336 e. The van der Waals surface area contributed by atoms with Crippen molar-refractivity contribution in [3.05, 3.63) is 56.5 Å². The Morgan fingerprint density at radius 3 is 2.57 bits per heavy atom. The van der Waals surface area contributed by atoms with Crippen LogP contribution in [0, 0.1) is 0 Å². The van der Waals surface area contributed by atoms with Crippen LogP contribution in [-0.4, -0.2) is 18.2 Å². The van der Waals surface area contributed by atoms with Gasteiger partial charge in [0.15, 0.2) is 0 Å². The standard InChI is InChI=1S/C15H12Br2O3S/c1-20-10-2-4-13(16)9(6-10)8-21-11-3-5-14(17)12(7-11)15(18)19/h2-7H,8H2,1H3,(H,18,19). The first kappa shape index (κ1) is 16.4. The van der Waals surface area contributed by atoms with Crippen LogP contribution < -0.4 is 4.74 Å². The Morgan fingerprint density at radius 1 is 1.19 bits per heavy atom. The van der Waals surface area contributed by atoms with E-state index in [0.29, 0.717) is 4.47 Å². The molecule has 21 heavy (non-hydrogen) atoms. The molecule has 0 aliphatic carbocycles. The van der Waals surface area contributed by atoms with Gasteiger partial charge in [0.25, 0.3) is 0 Å². The van der Waals surface area contributed by atoms with E-state index >= 15 is 0 Å². The highest BCUT2D eigenvalue weighted by atomic mass is 79.9. The molecule has 0 spiro atoms. The molecule has 110 valence electrons. The summed E-state index contributed by atoms with van der Waals surface area (Å²) in [7, 11) is 1.63. The molecule has 2 aromatic rings. The van der Waals surface area contributed by atoms with Crippen LogP contribution in [0.5, 0.6) is 5.75 Å². The summed E-state index contributed by atoms with van der Waals surface area (Å²) in [5, 5.41) is 9.12. The lowest BCUT2D eigenvalue weighted by Gasteiger charge is -2.08. The second kappa shape index (κ2) is 7.33. The molecule has 0 amide bonds. The lowest BCUT2D eigenvalue weighted by molar-refractivity contribution is 0.0695. The van der Waals surface area contributed by atoms with Crippen molar-refractivity contribution >= 4 is 49.6 Å². The number of aromatic carboxylic acids is 1. The monoisotopic (exact) mass is 430 g/mol. The topological polar surface area (TPSA) is 46.5 Å². The molecule has 0 heterocycles. The Balaban J connectivity index is 2.16. The molecule has 3 nitrogen and oxygen atoms in total. The van der Waals surface area contributed by atoms with Gasteiger partial charge in [0.2, 0.25) is 0 Å². The third-order valence-corrected chi connectivity index (χ3v) is 5.32. The van der Waals surface area contributed by atoms with E-state index in [9.17, 15) is 4.79 Å². The Bertz CT molecular complexity index is 674. The highest BCUT2D eigenvalue weighted by molar-refractivity contribution is 9.10. The third kappa shape index (κ3) is 4.25. The van der Waals surface area contributed by atoms with Gasteiger partial charge in [0, 0.05) is 19.6 Å². The average molecular weight is 432 g/mol. The van der Waals surface area contributed by atoms with Crippen LogP contribution in [0.3, 0.4) is 0 Å². The number of carboxylic acid groups (broad SMARTS) is 1. The SMILES string of the molecule is COc1ccc(Br)c(CSc2ccc(Br)c(C(=O)O)c2)c1. The van der Waals surface area contributed by atoms with Crippen LogP contribution >= 0.6 is 43.6 Å². The van der Waals surface area contributed by atoms with E-state index in [4.69, 9.17) is 9.84 Å². The van der Waals surface area contributed by atoms with Gasteiger partial charge in [-0.3, -0.25) is 0 Å². The largest absolute Gasteiger partial charge is 0.497 e. The summed E-state index contributed by atoms with van der Waals surface area (Å²) >= 11 is 8.33. The van der Waals surface area contributed by atoms with Crippen LogP contribution in [0.4, 0.5) is 0 Å². The van der Waals surface area contributed by atoms with Gasteiger partial charge in [-0.1, -0.05) is 15.9 Å². The fourth-order valence-electron chi connectivity index (χ4n) is 1.71. The van der Waals surface area contributed by atoms with Crippen molar-refractivity contribution in [3.63, 3.8) is 0 Å². The zero-order chi connectivity index (χ0) is 15.4. The number of halogens is 2. The minimum Gasteiger partial charge on any atom is -0.497 e. The summed E-state index contributed by atoms with van der Waals surface area (Å²) in [6.07, 6.45) is 0. The predicted molar refractivity (Wildman–Crippen MR) is 91.4 cm³/mol. The summed E-state index contributed by atoms with van der Waals surface area (Å²) in [6.45, 7) is 0. The third-order valence-electron chi connectivity index (χ3n) is 2.82. The van der Waals surface area contributed by atoms with E-state index in [1.165, 1.54) is 0 Å². The molecular formula is C15H12Br2O3S. The molecule has 0 radical (unpaired) electrons. The number of methoxy groups -OCH3 is 1. The van der Waals surface area contributed by atoms with Crippen LogP contribution in [-0.2, 0) is 5.75 Å². The highest BCUT2D eigenvalue weighted by Gasteiger charge is 2.10. The maximum atomic E-state index is 11.1. The molecule has 0 aliphatic heterocycles. The van der Waals surface area contributed by atoms with E-state index in [1.807, 2.05) is 24.3 Å². The van der Waals surface area contributed by atoms with Crippen LogP contribution in [0.2, 0.25) is 0 Å². The molecule has 0 saturated heterocycles. The molecule has 0 unspecified atom stereocenters. The lowest BCUT2D eigenvalue weighted by Crippen LogP contribution is -1.97. The van der Waals surface area contributed by atoms with Crippen molar-refractivity contribution in [1.29, 1.82) is 0 Å². The van der Waals surface area contributed by atoms with Crippen LogP contribution in [0.1, 0.15) is 15.9 Å². The van der Waals surface area contributed by atoms with E-state index < -0.39 is 5.97 Å². The van der Waals surface area contributed by atoms with Crippen molar-refractivity contribution in [2.24, 2.45) is 0 Å². The minimum atomic E-state index is -0.938. The zero-order valence-corrected chi connectivity index (χ0v) is 15.1. The Kier molecular flexibility index (Phi) is 5.72. The molecule has 0 aliphatic rings. The van der Waals surface area contributed by atoms with Crippen LogP contribution in [0.15, 0.2) is 50.2 Å². The second-order valence-corrected chi connectivity index (χ2v) is 6.95. The van der Waals surface area contributed by atoms with Crippen molar-refractivity contribution < 1.29 is 14.6 Å². The van der Waals surface area contributed by atoms with E-state index in [-0.39, 0.29) is 5.56 Å². The Morgan fingerprint density at radius 2 is 1.90 bits per heavy atom. The predicted octanol–water partition coefficient (Wildman–Crippen LogP) is 5.21. The summed E-state index contributed by atoms with van der Waals surface area (Å²) in [6, 6.07) is 11.1. The quantitative estimate of drug-likeness (QED) is 0.660. The van der Waals surface area contributed by atoms with Crippen molar-refractivity contribution in [1.82, 2.24) is 0 Å². The number of rotatable bonds is 5. The average Bonchev–Trinajstić information content (AvgIpc) is 2.47. The molecule has 0 atom stereocenters. The molecular weight excluding hydrogens is 420 g/mol. The van der Waals surface area contributed by atoms with Gasteiger partial charge in [-0.25, -0.2) is 4.79 Å². The molecule has 0 bridgehead atoms. The van der Waals surface area contributed by atoms with Gasteiger partial charge >= 0.3 is 5.97 Å². The fourth-order valence-corrected chi connectivity index (χ4v) is 3.62. The van der Waals surface area contributed by atoms with Gasteiger partial charge in [-0.15, -0.1) is 11.8 Å². The summed E-state index contributed by atoms with van der Waals surface area (Å²) in [5.74, 6) is 0.584. The highest BCUT2D eigenvalue weighted by Crippen LogP contribution is 2.31. The molecule has 0 saturated carbocycles. The summed E-state index contributed by atoms with van der Waals surface area (Å²) in [5.41, 5.74) is 1.36. The van der Waals surface area contributed by atoms with Gasteiger partial charge in [-0.2, -0.15) is 0 Å². The summed E-state index contributed by atoms with van der Waals surface area (Å²) < 4.78 is 6.81. The van der Waals surface area contributed by atoms with Crippen molar-refractivity contribution in [2.75, 3.05) is 7.11 Å². The maximum absolute atomic E-state index is 11.1. The Labute approximate surface area is 144 Å². The van der Waals surface area contributed by atoms with Gasteiger partial charge in [0.05, 0.1) is 12.7 Å². The first-order valence-corrected chi connectivity index (χ1v) is 8.56. The van der Waals surface area contributed by atoms with Gasteiger partial charge in [-0.05, 0) is 57.9 Å². The number of hydrogen-bond acceptors (Lipinski definition) is 3. The fraction of sp³-hybridized carbons (Fsp3) is 0.133. The zero-order valence-electron chi connectivity index (χ0n) is 11.1. The van der Waals surface area contributed by atoms with Crippen molar-refractivity contribution in [2.45, 2.75) is 10.6 Å². The normalized spacial score (nSPS) is 10.4. The lowest BCUT2D eigenvalue weighted by atomic mass is 10.2.